The van der Waals surface area contributed by atoms with Gasteiger partial charge >= 0.3 is 0 Å². The first-order valence-electron chi connectivity index (χ1n) is 5.81. The summed E-state index contributed by atoms with van der Waals surface area (Å²) in [7, 11) is -1.73. The van der Waals surface area contributed by atoms with Gasteiger partial charge in [0.25, 0.3) is 10.0 Å². The van der Waals surface area contributed by atoms with Crippen LogP contribution in [-0.4, -0.2) is 48.2 Å². The van der Waals surface area contributed by atoms with Crippen molar-refractivity contribution in [3.63, 3.8) is 0 Å². The number of nitrogens with zero attached hydrogens (tertiary/aromatic N) is 3. The molecule has 2 aliphatic heterocycles. The third-order valence-corrected chi connectivity index (χ3v) is 5.74. The summed E-state index contributed by atoms with van der Waals surface area (Å²) >= 11 is 0. The second kappa shape index (κ2) is 3.79. The fourth-order valence-corrected chi connectivity index (χ4v) is 4.65. The summed E-state index contributed by atoms with van der Waals surface area (Å²) in [6, 6.07) is 1.68. The highest BCUT2D eigenvalue weighted by molar-refractivity contribution is 7.89. The maximum absolute atomic E-state index is 12.5. The van der Waals surface area contributed by atoms with Gasteiger partial charge in [0.1, 0.15) is 0 Å². The van der Waals surface area contributed by atoms with Gasteiger partial charge < -0.3 is 5.32 Å². The van der Waals surface area contributed by atoms with Crippen LogP contribution in [0.15, 0.2) is 17.3 Å². The van der Waals surface area contributed by atoms with Crippen LogP contribution in [-0.2, 0) is 17.1 Å². The maximum Gasteiger partial charge on any atom is 0.260 e. The molecule has 0 spiro atoms. The lowest BCUT2D eigenvalue weighted by Gasteiger charge is -2.22. The van der Waals surface area contributed by atoms with Crippen molar-refractivity contribution in [2.24, 2.45) is 13.0 Å². The maximum atomic E-state index is 12.5. The van der Waals surface area contributed by atoms with E-state index in [2.05, 4.69) is 10.4 Å². The van der Waals surface area contributed by atoms with E-state index < -0.39 is 10.0 Å². The molecule has 2 fully saturated rings. The lowest BCUT2D eigenvalue weighted by Crippen LogP contribution is -2.39. The predicted octanol–water partition coefficient (Wildman–Crippen LogP) is -0.597. The molecular formula is C10H16N4O2S. The molecule has 1 N–H and O–H groups in total. The molecule has 0 bridgehead atoms. The van der Waals surface area contributed by atoms with Crippen LogP contribution in [0.4, 0.5) is 0 Å². The molecule has 17 heavy (non-hydrogen) atoms. The van der Waals surface area contributed by atoms with Crippen molar-refractivity contribution in [3.05, 3.63) is 12.3 Å². The van der Waals surface area contributed by atoms with E-state index in [0.29, 0.717) is 12.5 Å². The zero-order chi connectivity index (χ0) is 12.0. The van der Waals surface area contributed by atoms with Crippen LogP contribution in [0.5, 0.6) is 0 Å². The number of aromatic nitrogens is 2. The molecule has 2 aliphatic rings. The van der Waals surface area contributed by atoms with Gasteiger partial charge in [-0.3, -0.25) is 4.68 Å². The van der Waals surface area contributed by atoms with Crippen LogP contribution in [0.2, 0.25) is 0 Å². The Morgan fingerprint density at radius 2 is 2.29 bits per heavy atom. The molecule has 0 amide bonds. The Morgan fingerprint density at radius 1 is 1.47 bits per heavy atom. The van der Waals surface area contributed by atoms with Gasteiger partial charge in [0.15, 0.2) is 5.03 Å². The molecular weight excluding hydrogens is 240 g/mol. The number of rotatable bonds is 2. The first kappa shape index (κ1) is 11.2. The molecule has 0 saturated carbocycles. The molecule has 6 nitrogen and oxygen atoms in total. The largest absolute Gasteiger partial charge is 0.315 e. The van der Waals surface area contributed by atoms with E-state index in [1.807, 2.05) is 0 Å². The predicted molar refractivity (Wildman–Crippen MR) is 61.9 cm³/mol. The number of sulfonamides is 1. The highest BCUT2D eigenvalue weighted by Crippen LogP contribution is 2.31. The summed E-state index contributed by atoms with van der Waals surface area (Å²) < 4.78 is 28.0. The van der Waals surface area contributed by atoms with Crippen LogP contribution in [0.1, 0.15) is 6.42 Å². The van der Waals surface area contributed by atoms with E-state index in [1.165, 1.54) is 10.9 Å². The first-order chi connectivity index (χ1) is 8.10. The summed E-state index contributed by atoms with van der Waals surface area (Å²) in [5.41, 5.74) is 0. The second-order valence-electron chi connectivity index (χ2n) is 4.68. The van der Waals surface area contributed by atoms with Crippen LogP contribution in [0.25, 0.3) is 0 Å². The van der Waals surface area contributed by atoms with E-state index >= 15 is 0 Å². The van der Waals surface area contributed by atoms with E-state index in [1.54, 1.807) is 17.4 Å². The summed E-state index contributed by atoms with van der Waals surface area (Å²) in [6.45, 7) is 2.33. The molecule has 0 unspecified atom stereocenters. The summed E-state index contributed by atoms with van der Waals surface area (Å²) in [4.78, 5) is 0. The Morgan fingerprint density at radius 3 is 3.00 bits per heavy atom. The third-order valence-electron chi connectivity index (χ3n) is 3.74. The van der Waals surface area contributed by atoms with Gasteiger partial charge in [0.05, 0.1) is 6.20 Å². The van der Waals surface area contributed by atoms with Crippen molar-refractivity contribution in [2.45, 2.75) is 17.5 Å². The van der Waals surface area contributed by atoms with Crippen molar-refractivity contribution in [1.29, 1.82) is 0 Å². The molecule has 0 radical (unpaired) electrons. The van der Waals surface area contributed by atoms with Crippen molar-refractivity contribution in [2.75, 3.05) is 19.6 Å². The van der Waals surface area contributed by atoms with Gasteiger partial charge in [-0.2, -0.15) is 9.40 Å². The van der Waals surface area contributed by atoms with Gasteiger partial charge in [-0.05, 0) is 24.9 Å². The Kier molecular flexibility index (Phi) is 2.49. The van der Waals surface area contributed by atoms with Crippen LogP contribution in [0, 0.1) is 5.92 Å². The van der Waals surface area contributed by atoms with E-state index in [9.17, 15) is 8.42 Å². The number of nitrogens with one attached hydrogen (secondary N) is 1. The van der Waals surface area contributed by atoms with Gasteiger partial charge in [0, 0.05) is 26.2 Å². The van der Waals surface area contributed by atoms with Crippen LogP contribution in [0.3, 0.4) is 0 Å². The first-order valence-corrected chi connectivity index (χ1v) is 7.25. The van der Waals surface area contributed by atoms with Gasteiger partial charge in [-0.25, -0.2) is 8.42 Å². The van der Waals surface area contributed by atoms with Crippen molar-refractivity contribution >= 4 is 10.0 Å². The number of hydrogen-bond acceptors (Lipinski definition) is 4. The zero-order valence-corrected chi connectivity index (χ0v) is 10.5. The van der Waals surface area contributed by atoms with E-state index in [-0.39, 0.29) is 11.1 Å². The molecule has 2 atom stereocenters. The third kappa shape index (κ3) is 1.61. The fraction of sp³-hybridized carbons (Fsp3) is 0.700. The second-order valence-corrected chi connectivity index (χ2v) is 6.52. The molecule has 7 heteroatoms. The van der Waals surface area contributed by atoms with Gasteiger partial charge in [-0.1, -0.05) is 0 Å². The molecule has 1 aromatic heterocycles. The number of hydrogen-bond donors (Lipinski definition) is 1. The monoisotopic (exact) mass is 256 g/mol. The Hall–Kier alpha value is -0.920. The molecule has 3 heterocycles. The minimum atomic E-state index is -3.39. The molecule has 2 saturated heterocycles. The lowest BCUT2D eigenvalue weighted by atomic mass is 10.1. The number of fused-ring (bicyclic) bond motifs is 1. The Balaban J connectivity index is 1.96. The molecule has 94 valence electrons. The minimum Gasteiger partial charge on any atom is -0.315 e. The molecule has 0 aliphatic carbocycles. The quantitative estimate of drug-likeness (QED) is 0.767. The minimum absolute atomic E-state index is 0.120. The standard InChI is InChI=1S/C10H16N4O2S/c1-13-10(2-4-12-13)17(15,16)14-5-3-8-6-11-7-9(8)14/h2,4,8-9,11H,3,5-7H2,1H3/t8-,9+/m0/s1. The smallest absolute Gasteiger partial charge is 0.260 e. The highest BCUT2D eigenvalue weighted by atomic mass is 32.2. The normalized spacial score (nSPS) is 29.7. The van der Waals surface area contributed by atoms with E-state index in [4.69, 9.17) is 0 Å². The van der Waals surface area contributed by atoms with Crippen molar-refractivity contribution in [3.8, 4) is 0 Å². The topological polar surface area (TPSA) is 67.2 Å². The average molecular weight is 256 g/mol. The zero-order valence-electron chi connectivity index (χ0n) is 9.70. The Labute approximate surface area is 101 Å². The van der Waals surface area contributed by atoms with Gasteiger partial charge in [-0.15, -0.1) is 0 Å². The summed E-state index contributed by atoms with van der Waals surface area (Å²) in [5, 5.41) is 7.48. The lowest BCUT2D eigenvalue weighted by molar-refractivity contribution is 0.378. The van der Waals surface area contributed by atoms with Crippen LogP contribution >= 0.6 is 0 Å². The highest BCUT2D eigenvalue weighted by Gasteiger charge is 2.44. The Bertz CT molecular complexity index is 524. The van der Waals surface area contributed by atoms with Crippen LogP contribution < -0.4 is 5.32 Å². The van der Waals surface area contributed by atoms with Gasteiger partial charge in [0.2, 0.25) is 0 Å². The summed E-state index contributed by atoms with van der Waals surface area (Å²) in [6.07, 6.45) is 2.47. The van der Waals surface area contributed by atoms with Crippen molar-refractivity contribution in [1.82, 2.24) is 19.4 Å². The molecule has 0 aromatic carbocycles. The number of aryl methyl sites for hydroxylation is 1. The van der Waals surface area contributed by atoms with E-state index in [0.717, 1.165) is 19.5 Å². The average Bonchev–Trinajstić information content (AvgIpc) is 2.89. The SMILES string of the molecule is Cn1nccc1S(=O)(=O)N1CC[C@H]2CNC[C@H]21. The molecule has 3 rings (SSSR count). The fourth-order valence-electron chi connectivity index (χ4n) is 2.84. The summed E-state index contributed by atoms with van der Waals surface area (Å²) in [5.74, 6) is 0.470. The van der Waals surface area contributed by atoms with Crippen molar-refractivity contribution < 1.29 is 8.42 Å². The molecule has 1 aromatic rings.